The summed E-state index contributed by atoms with van der Waals surface area (Å²) in [5.41, 5.74) is 3.35. The van der Waals surface area contributed by atoms with Crippen LogP contribution in [0.3, 0.4) is 0 Å². The lowest BCUT2D eigenvalue weighted by atomic mass is 10.1. The van der Waals surface area contributed by atoms with E-state index >= 15 is 0 Å². The minimum atomic E-state index is 0.0933. The summed E-state index contributed by atoms with van der Waals surface area (Å²) in [6.07, 6.45) is 1.48. The zero-order chi connectivity index (χ0) is 12.6. The Morgan fingerprint density at radius 2 is 1.81 bits per heavy atom. The Morgan fingerprint density at radius 1 is 1.19 bits per heavy atom. The first-order valence-electron chi connectivity index (χ1n) is 6.00. The van der Waals surface area contributed by atoms with Crippen LogP contribution in [-0.4, -0.2) is 5.91 Å². The molecule has 0 fully saturated rings. The van der Waals surface area contributed by atoms with E-state index in [-0.39, 0.29) is 5.91 Å². The van der Waals surface area contributed by atoms with Crippen LogP contribution in [0.15, 0.2) is 18.2 Å². The van der Waals surface area contributed by atoms with Crippen molar-refractivity contribution < 1.29 is 4.79 Å². The standard InChI is InChI=1S/C12H17NO.C2H6/c1-4-5-12(14)13-11-7-6-9(2)10(3)8-11;1-2/h6-8H,4-5H2,1-3H3,(H,13,14);1-2H3. The van der Waals surface area contributed by atoms with E-state index in [1.165, 1.54) is 11.1 Å². The van der Waals surface area contributed by atoms with E-state index in [0.29, 0.717) is 6.42 Å². The molecular formula is C14H23NO. The molecule has 1 N–H and O–H groups in total. The summed E-state index contributed by atoms with van der Waals surface area (Å²) in [4.78, 5) is 11.3. The molecule has 0 aliphatic heterocycles. The number of amides is 1. The molecule has 0 saturated heterocycles. The second-order valence-electron chi connectivity index (χ2n) is 3.60. The Morgan fingerprint density at radius 3 is 2.31 bits per heavy atom. The molecule has 1 aromatic rings. The van der Waals surface area contributed by atoms with Crippen molar-refractivity contribution in [3.8, 4) is 0 Å². The Labute approximate surface area is 99.1 Å². The fourth-order valence-electron chi connectivity index (χ4n) is 1.27. The van der Waals surface area contributed by atoms with Gasteiger partial charge in [-0.3, -0.25) is 4.79 Å². The molecule has 0 aromatic heterocycles. The minimum Gasteiger partial charge on any atom is -0.326 e. The highest BCUT2D eigenvalue weighted by molar-refractivity contribution is 5.90. The summed E-state index contributed by atoms with van der Waals surface area (Å²) in [6.45, 7) is 10.1. The normalized spacial score (nSPS) is 9.06. The van der Waals surface area contributed by atoms with Crippen molar-refractivity contribution in [3.05, 3.63) is 29.3 Å². The third-order valence-electron chi connectivity index (χ3n) is 2.27. The number of hydrogen-bond donors (Lipinski definition) is 1. The van der Waals surface area contributed by atoms with Gasteiger partial charge < -0.3 is 5.32 Å². The van der Waals surface area contributed by atoms with Crippen molar-refractivity contribution in [1.29, 1.82) is 0 Å². The summed E-state index contributed by atoms with van der Waals surface area (Å²) in [5, 5.41) is 2.87. The molecule has 0 unspecified atom stereocenters. The smallest absolute Gasteiger partial charge is 0.224 e. The zero-order valence-electron chi connectivity index (χ0n) is 11.1. The van der Waals surface area contributed by atoms with Crippen LogP contribution in [0, 0.1) is 13.8 Å². The highest BCUT2D eigenvalue weighted by Gasteiger charge is 2.01. The van der Waals surface area contributed by atoms with Crippen LogP contribution in [0.4, 0.5) is 5.69 Å². The molecule has 0 spiro atoms. The second-order valence-corrected chi connectivity index (χ2v) is 3.60. The monoisotopic (exact) mass is 221 g/mol. The molecule has 1 amide bonds. The number of rotatable bonds is 3. The van der Waals surface area contributed by atoms with E-state index in [1.807, 2.05) is 45.9 Å². The highest BCUT2D eigenvalue weighted by atomic mass is 16.1. The lowest BCUT2D eigenvalue weighted by Crippen LogP contribution is -2.10. The fourth-order valence-corrected chi connectivity index (χ4v) is 1.27. The molecule has 2 nitrogen and oxygen atoms in total. The number of anilines is 1. The summed E-state index contributed by atoms with van der Waals surface area (Å²) >= 11 is 0. The number of nitrogens with one attached hydrogen (secondary N) is 1. The first-order valence-corrected chi connectivity index (χ1v) is 6.00. The van der Waals surface area contributed by atoms with Crippen molar-refractivity contribution in [1.82, 2.24) is 0 Å². The van der Waals surface area contributed by atoms with Crippen LogP contribution in [-0.2, 0) is 4.79 Å². The largest absolute Gasteiger partial charge is 0.326 e. The Kier molecular flexibility index (Phi) is 7.27. The number of hydrogen-bond acceptors (Lipinski definition) is 1. The molecule has 0 atom stereocenters. The number of aryl methyl sites for hydroxylation is 2. The fraction of sp³-hybridized carbons (Fsp3) is 0.500. The minimum absolute atomic E-state index is 0.0933. The van der Waals surface area contributed by atoms with Crippen molar-refractivity contribution in [3.63, 3.8) is 0 Å². The molecule has 0 aliphatic carbocycles. The van der Waals surface area contributed by atoms with E-state index in [4.69, 9.17) is 0 Å². The van der Waals surface area contributed by atoms with Gasteiger partial charge in [0.25, 0.3) is 0 Å². The molecule has 0 saturated carbocycles. The maximum atomic E-state index is 11.3. The van der Waals surface area contributed by atoms with E-state index in [2.05, 4.69) is 12.2 Å². The van der Waals surface area contributed by atoms with E-state index in [9.17, 15) is 4.79 Å². The Bertz CT molecular complexity index is 332. The number of carbonyl (C=O) groups is 1. The van der Waals surface area contributed by atoms with Gasteiger partial charge in [0.05, 0.1) is 0 Å². The predicted molar refractivity (Wildman–Crippen MR) is 70.8 cm³/mol. The van der Waals surface area contributed by atoms with Gasteiger partial charge in [-0.05, 0) is 43.5 Å². The van der Waals surface area contributed by atoms with Gasteiger partial charge in [-0.1, -0.05) is 26.8 Å². The lowest BCUT2D eigenvalue weighted by Gasteiger charge is -2.06. The number of benzene rings is 1. The maximum absolute atomic E-state index is 11.3. The third-order valence-corrected chi connectivity index (χ3v) is 2.27. The molecule has 2 heteroatoms. The number of carbonyl (C=O) groups excluding carboxylic acids is 1. The van der Waals surface area contributed by atoms with Crippen LogP contribution in [0.25, 0.3) is 0 Å². The van der Waals surface area contributed by atoms with E-state index in [1.54, 1.807) is 0 Å². The molecule has 1 aromatic carbocycles. The van der Waals surface area contributed by atoms with Crippen molar-refractivity contribution >= 4 is 11.6 Å². The lowest BCUT2D eigenvalue weighted by molar-refractivity contribution is -0.116. The average Bonchev–Trinajstić information content (AvgIpc) is 2.27. The molecule has 0 aliphatic rings. The second kappa shape index (κ2) is 7.91. The molecule has 0 bridgehead atoms. The molecule has 0 radical (unpaired) electrons. The van der Waals surface area contributed by atoms with Gasteiger partial charge in [0.2, 0.25) is 5.91 Å². The van der Waals surface area contributed by atoms with E-state index in [0.717, 1.165) is 12.1 Å². The SMILES string of the molecule is CC.CCCC(=O)Nc1ccc(C)c(C)c1. The molecule has 90 valence electrons. The average molecular weight is 221 g/mol. The first-order chi connectivity index (χ1) is 7.63. The van der Waals surface area contributed by atoms with Crippen LogP contribution in [0.1, 0.15) is 44.7 Å². The van der Waals surface area contributed by atoms with Gasteiger partial charge in [-0.2, -0.15) is 0 Å². The van der Waals surface area contributed by atoms with Crippen LogP contribution in [0.2, 0.25) is 0 Å². The third kappa shape index (κ3) is 4.96. The van der Waals surface area contributed by atoms with Crippen LogP contribution >= 0.6 is 0 Å². The summed E-state index contributed by atoms with van der Waals surface area (Å²) in [6, 6.07) is 5.97. The topological polar surface area (TPSA) is 29.1 Å². The summed E-state index contributed by atoms with van der Waals surface area (Å²) in [7, 11) is 0. The van der Waals surface area contributed by atoms with Crippen molar-refractivity contribution in [2.45, 2.75) is 47.5 Å². The Hall–Kier alpha value is -1.31. The van der Waals surface area contributed by atoms with Gasteiger partial charge in [0.1, 0.15) is 0 Å². The van der Waals surface area contributed by atoms with Gasteiger partial charge in [-0.15, -0.1) is 0 Å². The van der Waals surface area contributed by atoms with Gasteiger partial charge in [-0.25, -0.2) is 0 Å². The van der Waals surface area contributed by atoms with Gasteiger partial charge in [0, 0.05) is 12.1 Å². The van der Waals surface area contributed by atoms with Crippen LogP contribution in [0.5, 0.6) is 0 Å². The zero-order valence-corrected chi connectivity index (χ0v) is 11.1. The van der Waals surface area contributed by atoms with Crippen LogP contribution < -0.4 is 5.32 Å². The Balaban J connectivity index is 0.00000106. The van der Waals surface area contributed by atoms with Gasteiger partial charge in [0.15, 0.2) is 0 Å². The summed E-state index contributed by atoms with van der Waals surface area (Å²) in [5.74, 6) is 0.0933. The molecular weight excluding hydrogens is 198 g/mol. The van der Waals surface area contributed by atoms with Crippen molar-refractivity contribution in [2.24, 2.45) is 0 Å². The molecule has 1 rings (SSSR count). The van der Waals surface area contributed by atoms with Gasteiger partial charge >= 0.3 is 0 Å². The van der Waals surface area contributed by atoms with Crippen molar-refractivity contribution in [2.75, 3.05) is 5.32 Å². The maximum Gasteiger partial charge on any atom is 0.224 e. The molecule has 16 heavy (non-hydrogen) atoms. The highest BCUT2D eigenvalue weighted by Crippen LogP contribution is 2.14. The van der Waals surface area contributed by atoms with E-state index < -0.39 is 0 Å². The quantitative estimate of drug-likeness (QED) is 0.819. The predicted octanol–water partition coefficient (Wildman–Crippen LogP) is 4.07. The summed E-state index contributed by atoms with van der Waals surface area (Å²) < 4.78 is 0. The first kappa shape index (κ1) is 14.7. The molecule has 0 heterocycles.